The van der Waals surface area contributed by atoms with Gasteiger partial charge in [-0.15, -0.1) is 0 Å². The standard InChI is InChI=1S/C21H22N2O6/c1-13(21(26)23-16-8-9-18-19(10-16)28-12-27-18)29-20(25)11-17(22-14(2)24)15-6-4-3-5-7-15/h3-10,13,17H,11-12H2,1-2H3,(H,22,24)(H,23,26)/t13-,17-/m0/s1. The van der Waals surface area contributed by atoms with Gasteiger partial charge >= 0.3 is 5.97 Å². The Bertz CT molecular complexity index is 899. The van der Waals surface area contributed by atoms with Gasteiger partial charge in [0.2, 0.25) is 12.7 Å². The lowest BCUT2D eigenvalue weighted by atomic mass is 10.0. The molecule has 2 atom stereocenters. The van der Waals surface area contributed by atoms with E-state index in [9.17, 15) is 14.4 Å². The van der Waals surface area contributed by atoms with E-state index in [1.54, 1.807) is 18.2 Å². The lowest BCUT2D eigenvalue weighted by Gasteiger charge is -2.19. The van der Waals surface area contributed by atoms with Gasteiger partial charge in [-0.05, 0) is 24.6 Å². The van der Waals surface area contributed by atoms with Crippen LogP contribution in [0.2, 0.25) is 0 Å². The van der Waals surface area contributed by atoms with Gasteiger partial charge < -0.3 is 24.8 Å². The molecule has 0 bridgehead atoms. The molecule has 0 saturated carbocycles. The largest absolute Gasteiger partial charge is 0.454 e. The Kier molecular flexibility index (Phi) is 6.33. The van der Waals surface area contributed by atoms with Crippen LogP contribution in [0.25, 0.3) is 0 Å². The summed E-state index contributed by atoms with van der Waals surface area (Å²) < 4.78 is 15.7. The van der Waals surface area contributed by atoms with Crippen LogP contribution < -0.4 is 20.1 Å². The topological polar surface area (TPSA) is 103 Å². The smallest absolute Gasteiger partial charge is 0.309 e. The first-order chi connectivity index (χ1) is 13.9. The lowest BCUT2D eigenvalue weighted by molar-refractivity contribution is -0.153. The SMILES string of the molecule is CC(=O)N[C@@H](CC(=O)O[C@@H](C)C(=O)Nc1ccc2c(c1)OCO2)c1ccccc1. The summed E-state index contributed by atoms with van der Waals surface area (Å²) in [6, 6.07) is 13.5. The van der Waals surface area contributed by atoms with Crippen LogP contribution in [0, 0.1) is 0 Å². The van der Waals surface area contributed by atoms with E-state index in [2.05, 4.69) is 10.6 Å². The van der Waals surface area contributed by atoms with Crippen molar-refractivity contribution in [3.05, 3.63) is 54.1 Å². The van der Waals surface area contributed by atoms with Gasteiger partial charge in [0.15, 0.2) is 17.6 Å². The van der Waals surface area contributed by atoms with Gasteiger partial charge in [0.25, 0.3) is 5.91 Å². The molecule has 1 aliphatic rings. The Morgan fingerprint density at radius 2 is 1.79 bits per heavy atom. The number of amides is 2. The quantitative estimate of drug-likeness (QED) is 0.695. The summed E-state index contributed by atoms with van der Waals surface area (Å²) in [4.78, 5) is 36.2. The molecule has 2 aromatic rings. The molecule has 1 heterocycles. The highest BCUT2D eigenvalue weighted by Crippen LogP contribution is 2.34. The molecule has 1 aliphatic heterocycles. The molecule has 3 rings (SSSR count). The molecule has 0 aromatic heterocycles. The van der Waals surface area contributed by atoms with Gasteiger partial charge in [0.1, 0.15) is 0 Å². The molecule has 8 nitrogen and oxygen atoms in total. The number of anilines is 1. The van der Waals surface area contributed by atoms with Crippen molar-refractivity contribution >= 4 is 23.5 Å². The van der Waals surface area contributed by atoms with Gasteiger partial charge in [-0.1, -0.05) is 30.3 Å². The molecule has 0 spiro atoms. The number of ether oxygens (including phenoxy) is 3. The summed E-state index contributed by atoms with van der Waals surface area (Å²) in [5.41, 5.74) is 1.28. The highest BCUT2D eigenvalue weighted by molar-refractivity contribution is 5.95. The zero-order valence-corrected chi connectivity index (χ0v) is 16.1. The number of benzene rings is 2. The van der Waals surface area contributed by atoms with Gasteiger partial charge in [0, 0.05) is 18.7 Å². The lowest BCUT2D eigenvalue weighted by Crippen LogP contribution is -2.33. The van der Waals surface area contributed by atoms with Gasteiger partial charge in [-0.25, -0.2) is 0 Å². The molecule has 0 radical (unpaired) electrons. The minimum atomic E-state index is -1.01. The van der Waals surface area contributed by atoms with Gasteiger partial charge in [0.05, 0.1) is 12.5 Å². The second-order valence-corrected chi connectivity index (χ2v) is 6.56. The second kappa shape index (κ2) is 9.09. The minimum Gasteiger partial charge on any atom is -0.454 e. The van der Waals surface area contributed by atoms with Gasteiger partial charge in [-0.2, -0.15) is 0 Å². The molecule has 0 fully saturated rings. The first kappa shape index (κ1) is 20.2. The van der Waals surface area contributed by atoms with Crippen LogP contribution in [-0.2, 0) is 19.1 Å². The first-order valence-electron chi connectivity index (χ1n) is 9.14. The van der Waals surface area contributed by atoms with Crippen LogP contribution in [0.4, 0.5) is 5.69 Å². The summed E-state index contributed by atoms with van der Waals surface area (Å²) >= 11 is 0. The van der Waals surface area contributed by atoms with Crippen molar-refractivity contribution in [1.82, 2.24) is 5.32 Å². The molecule has 0 aliphatic carbocycles. The van der Waals surface area contributed by atoms with E-state index >= 15 is 0 Å². The van der Waals surface area contributed by atoms with E-state index in [-0.39, 0.29) is 19.1 Å². The van der Waals surface area contributed by atoms with E-state index in [4.69, 9.17) is 14.2 Å². The van der Waals surface area contributed by atoms with Crippen LogP contribution in [0.15, 0.2) is 48.5 Å². The summed E-state index contributed by atoms with van der Waals surface area (Å²) in [6.45, 7) is 3.00. The Labute approximate surface area is 168 Å². The maximum atomic E-state index is 12.4. The van der Waals surface area contributed by atoms with Crippen molar-refractivity contribution < 1.29 is 28.6 Å². The zero-order valence-electron chi connectivity index (χ0n) is 16.1. The monoisotopic (exact) mass is 398 g/mol. The number of rotatable bonds is 7. The van der Waals surface area contributed by atoms with Crippen LogP contribution in [0.3, 0.4) is 0 Å². The van der Waals surface area contributed by atoms with Crippen molar-refractivity contribution in [2.75, 3.05) is 12.1 Å². The number of esters is 1. The maximum absolute atomic E-state index is 12.4. The predicted octanol–water partition coefficient (Wildman–Crippen LogP) is 2.55. The molecule has 152 valence electrons. The van der Waals surface area contributed by atoms with Crippen LogP contribution in [0.5, 0.6) is 11.5 Å². The van der Waals surface area contributed by atoms with E-state index < -0.39 is 24.0 Å². The molecule has 0 unspecified atom stereocenters. The van der Waals surface area contributed by atoms with Gasteiger partial charge in [-0.3, -0.25) is 14.4 Å². The zero-order chi connectivity index (χ0) is 20.8. The van der Waals surface area contributed by atoms with Crippen molar-refractivity contribution in [1.29, 1.82) is 0 Å². The molecule has 8 heteroatoms. The summed E-state index contributed by atoms with van der Waals surface area (Å²) in [5.74, 6) is -0.199. The number of hydrogen-bond acceptors (Lipinski definition) is 6. The Morgan fingerprint density at radius 1 is 1.07 bits per heavy atom. The Balaban J connectivity index is 1.57. The fourth-order valence-corrected chi connectivity index (χ4v) is 2.87. The summed E-state index contributed by atoms with van der Waals surface area (Å²) in [6.07, 6.45) is -1.10. The van der Waals surface area contributed by atoms with Crippen molar-refractivity contribution in [3.8, 4) is 11.5 Å². The Hall–Kier alpha value is -3.55. The number of hydrogen-bond donors (Lipinski definition) is 2. The van der Waals surface area contributed by atoms with Crippen LogP contribution in [-0.4, -0.2) is 30.7 Å². The molecule has 2 aromatic carbocycles. The maximum Gasteiger partial charge on any atom is 0.309 e. The van der Waals surface area contributed by atoms with E-state index in [1.807, 2.05) is 30.3 Å². The number of nitrogens with one attached hydrogen (secondary N) is 2. The molecular formula is C21H22N2O6. The third-order valence-electron chi connectivity index (χ3n) is 4.27. The highest BCUT2D eigenvalue weighted by atomic mass is 16.7. The molecular weight excluding hydrogens is 376 g/mol. The van der Waals surface area contributed by atoms with Crippen LogP contribution >= 0.6 is 0 Å². The first-order valence-corrected chi connectivity index (χ1v) is 9.14. The molecule has 2 amide bonds. The fourth-order valence-electron chi connectivity index (χ4n) is 2.87. The molecule has 29 heavy (non-hydrogen) atoms. The molecule has 2 N–H and O–H groups in total. The van der Waals surface area contributed by atoms with Crippen molar-refractivity contribution in [2.45, 2.75) is 32.4 Å². The summed E-state index contributed by atoms with van der Waals surface area (Å²) in [7, 11) is 0. The van der Waals surface area contributed by atoms with Crippen molar-refractivity contribution in [2.24, 2.45) is 0 Å². The number of carbonyl (C=O) groups excluding carboxylic acids is 3. The Morgan fingerprint density at radius 3 is 2.52 bits per heavy atom. The van der Waals surface area contributed by atoms with E-state index in [1.165, 1.54) is 13.8 Å². The third kappa shape index (κ3) is 5.47. The second-order valence-electron chi connectivity index (χ2n) is 6.56. The normalized spacial score (nSPS) is 13.9. The molecule has 0 saturated heterocycles. The minimum absolute atomic E-state index is 0.0920. The van der Waals surface area contributed by atoms with E-state index in [0.717, 1.165) is 5.56 Å². The third-order valence-corrected chi connectivity index (χ3v) is 4.27. The van der Waals surface area contributed by atoms with E-state index in [0.29, 0.717) is 17.2 Å². The van der Waals surface area contributed by atoms with Crippen molar-refractivity contribution in [3.63, 3.8) is 0 Å². The average molecular weight is 398 g/mol. The average Bonchev–Trinajstić information content (AvgIpc) is 3.15. The summed E-state index contributed by atoms with van der Waals surface area (Å²) in [5, 5.41) is 5.40. The fraction of sp³-hybridized carbons (Fsp3) is 0.286. The number of carbonyl (C=O) groups is 3. The predicted molar refractivity (Wildman–Crippen MR) is 104 cm³/mol. The highest BCUT2D eigenvalue weighted by Gasteiger charge is 2.23. The number of fused-ring (bicyclic) bond motifs is 1. The van der Waals surface area contributed by atoms with Crippen LogP contribution in [0.1, 0.15) is 31.9 Å².